The molecule has 0 saturated carbocycles. The molecular weight excluding hydrogens is 285 g/mol. The van der Waals surface area contributed by atoms with Crippen LogP contribution in [0.1, 0.15) is 27.0 Å². The molecule has 0 spiro atoms. The van der Waals surface area contributed by atoms with Gasteiger partial charge in [-0.3, -0.25) is 4.79 Å². The molecule has 0 aliphatic heterocycles. The van der Waals surface area contributed by atoms with Crippen LogP contribution in [0.15, 0.2) is 36.4 Å². The molecule has 0 aliphatic rings. The number of hydrogen-bond donors (Lipinski definition) is 0. The van der Waals surface area contributed by atoms with Gasteiger partial charge in [-0.1, -0.05) is 25.0 Å². The van der Waals surface area contributed by atoms with Crippen LogP contribution in [0.2, 0.25) is 0 Å². The number of carbonyl (C=O) groups is 1. The maximum atomic E-state index is 12.9. The Hall–Kier alpha value is -2.12. The summed E-state index contributed by atoms with van der Waals surface area (Å²) in [6, 6.07) is 9.89. The lowest BCUT2D eigenvalue weighted by Crippen LogP contribution is -2.30. The van der Waals surface area contributed by atoms with Crippen molar-refractivity contribution in [2.45, 2.75) is 19.9 Å². The highest BCUT2D eigenvalue weighted by Gasteiger charge is 2.17. The molecule has 0 bridgehead atoms. The maximum absolute atomic E-state index is 12.9. The average Bonchev–Trinajstić information content (AvgIpc) is 2.97. The number of nitrogens with zero attached hydrogens (tertiary/aromatic N) is 1. The molecule has 2 nitrogen and oxygen atoms in total. The number of thiophene rings is 1. The van der Waals surface area contributed by atoms with E-state index in [1.54, 1.807) is 17.0 Å². The van der Waals surface area contributed by atoms with Gasteiger partial charge in [-0.05, 0) is 36.2 Å². The number of rotatable bonds is 5. The van der Waals surface area contributed by atoms with Gasteiger partial charge in [-0.25, -0.2) is 4.39 Å². The number of terminal acetylenes is 1. The quantitative estimate of drug-likeness (QED) is 0.771. The fraction of sp³-hybridized carbons (Fsp3) is 0.235. The highest BCUT2D eigenvalue weighted by molar-refractivity contribution is 7.14. The fourth-order valence-corrected chi connectivity index (χ4v) is 2.87. The molecule has 1 heterocycles. The summed E-state index contributed by atoms with van der Waals surface area (Å²) in [5, 5.41) is 0. The van der Waals surface area contributed by atoms with Gasteiger partial charge in [0.05, 0.1) is 11.4 Å². The van der Waals surface area contributed by atoms with E-state index in [1.165, 1.54) is 28.3 Å². The predicted octanol–water partition coefficient (Wildman–Crippen LogP) is 3.73. The van der Waals surface area contributed by atoms with Crippen molar-refractivity contribution in [3.8, 4) is 12.3 Å². The Morgan fingerprint density at radius 2 is 2.00 bits per heavy atom. The normalized spacial score (nSPS) is 10.1. The zero-order valence-electron chi connectivity index (χ0n) is 11.8. The molecule has 0 unspecified atom stereocenters. The number of amides is 1. The van der Waals surface area contributed by atoms with Crippen LogP contribution in [-0.2, 0) is 13.0 Å². The van der Waals surface area contributed by atoms with Crippen LogP contribution < -0.4 is 0 Å². The summed E-state index contributed by atoms with van der Waals surface area (Å²) in [5.74, 6) is 2.13. The lowest BCUT2D eigenvalue weighted by Gasteiger charge is -2.19. The van der Waals surface area contributed by atoms with Gasteiger partial charge >= 0.3 is 0 Å². The second-order valence-corrected chi connectivity index (χ2v) is 5.78. The average molecular weight is 301 g/mol. The maximum Gasteiger partial charge on any atom is 0.265 e. The second-order valence-electron chi connectivity index (χ2n) is 4.61. The number of hydrogen-bond acceptors (Lipinski definition) is 2. The van der Waals surface area contributed by atoms with Gasteiger partial charge in [0, 0.05) is 11.4 Å². The molecular formula is C17H16FNOS. The third-order valence-corrected chi connectivity index (χ3v) is 4.29. The van der Waals surface area contributed by atoms with E-state index in [1.807, 2.05) is 12.1 Å². The minimum Gasteiger partial charge on any atom is -0.322 e. The zero-order chi connectivity index (χ0) is 15.2. The highest BCUT2D eigenvalue weighted by Crippen LogP contribution is 2.20. The van der Waals surface area contributed by atoms with Gasteiger partial charge in [0.2, 0.25) is 0 Å². The summed E-state index contributed by atoms with van der Waals surface area (Å²) in [7, 11) is 0. The largest absolute Gasteiger partial charge is 0.322 e. The van der Waals surface area contributed by atoms with Gasteiger partial charge in [0.1, 0.15) is 5.82 Å². The molecule has 0 aliphatic carbocycles. The van der Waals surface area contributed by atoms with Gasteiger partial charge in [-0.2, -0.15) is 0 Å². The Morgan fingerprint density at radius 1 is 1.29 bits per heavy atom. The predicted molar refractivity (Wildman–Crippen MR) is 83.7 cm³/mol. The first-order valence-corrected chi connectivity index (χ1v) is 7.51. The molecule has 4 heteroatoms. The molecule has 0 atom stereocenters. The molecule has 0 fully saturated rings. The van der Waals surface area contributed by atoms with Crippen LogP contribution in [0.25, 0.3) is 0 Å². The van der Waals surface area contributed by atoms with Crippen molar-refractivity contribution in [3.05, 3.63) is 57.5 Å². The van der Waals surface area contributed by atoms with E-state index in [4.69, 9.17) is 6.42 Å². The molecule has 108 valence electrons. The summed E-state index contributed by atoms with van der Waals surface area (Å²) in [4.78, 5) is 15.9. The summed E-state index contributed by atoms with van der Waals surface area (Å²) in [6.07, 6.45) is 6.26. The first-order chi connectivity index (χ1) is 10.1. The summed E-state index contributed by atoms with van der Waals surface area (Å²) >= 11 is 1.49. The van der Waals surface area contributed by atoms with Crippen LogP contribution in [0.5, 0.6) is 0 Å². The Kier molecular flexibility index (Phi) is 5.13. The first kappa shape index (κ1) is 15.3. The number of carbonyl (C=O) groups excluding carboxylic acids is 1. The van der Waals surface area contributed by atoms with E-state index < -0.39 is 0 Å². The van der Waals surface area contributed by atoms with Gasteiger partial charge in [0.25, 0.3) is 5.91 Å². The van der Waals surface area contributed by atoms with Crippen LogP contribution in [0.3, 0.4) is 0 Å². The van der Waals surface area contributed by atoms with Crippen molar-refractivity contribution in [1.29, 1.82) is 0 Å². The van der Waals surface area contributed by atoms with E-state index in [0.29, 0.717) is 11.4 Å². The van der Waals surface area contributed by atoms with Crippen molar-refractivity contribution in [2.24, 2.45) is 0 Å². The second kappa shape index (κ2) is 7.05. The number of aryl methyl sites for hydroxylation is 1. The van der Waals surface area contributed by atoms with Crippen molar-refractivity contribution >= 4 is 17.2 Å². The van der Waals surface area contributed by atoms with Crippen LogP contribution in [-0.4, -0.2) is 17.4 Å². The van der Waals surface area contributed by atoms with Crippen molar-refractivity contribution in [2.75, 3.05) is 6.54 Å². The Balaban J connectivity index is 2.16. The monoisotopic (exact) mass is 301 g/mol. The van der Waals surface area contributed by atoms with Gasteiger partial charge < -0.3 is 4.90 Å². The van der Waals surface area contributed by atoms with Crippen LogP contribution in [0, 0.1) is 18.2 Å². The van der Waals surface area contributed by atoms with E-state index in [0.717, 1.165) is 12.0 Å². The molecule has 21 heavy (non-hydrogen) atoms. The molecule has 2 rings (SSSR count). The van der Waals surface area contributed by atoms with Crippen LogP contribution in [0.4, 0.5) is 4.39 Å². The first-order valence-electron chi connectivity index (χ1n) is 6.70. The summed E-state index contributed by atoms with van der Waals surface area (Å²) in [6.45, 7) is 2.66. The molecule has 0 N–H and O–H groups in total. The summed E-state index contributed by atoms with van der Waals surface area (Å²) < 4.78 is 12.9. The standard InChI is InChI=1S/C17H16FNOS/c1-3-11-19(12-13-5-7-14(18)8-6-13)17(20)16-10-9-15(4-2)21-16/h1,5-10H,4,11-12H2,2H3. The molecule has 1 aromatic carbocycles. The number of benzene rings is 1. The van der Waals surface area contributed by atoms with E-state index in [2.05, 4.69) is 12.8 Å². The van der Waals surface area contributed by atoms with Gasteiger partial charge in [0.15, 0.2) is 0 Å². The molecule has 0 radical (unpaired) electrons. The molecule has 2 aromatic rings. The topological polar surface area (TPSA) is 20.3 Å². The molecule has 1 aromatic heterocycles. The Bertz CT molecular complexity index is 654. The SMILES string of the molecule is C#CCN(Cc1ccc(F)cc1)C(=O)c1ccc(CC)s1. The van der Waals surface area contributed by atoms with Gasteiger partial charge in [-0.15, -0.1) is 17.8 Å². The Labute approximate surface area is 128 Å². The van der Waals surface area contributed by atoms with E-state index in [-0.39, 0.29) is 18.3 Å². The molecule has 1 amide bonds. The molecule has 0 saturated heterocycles. The third kappa shape index (κ3) is 3.93. The van der Waals surface area contributed by atoms with Crippen molar-refractivity contribution in [1.82, 2.24) is 4.90 Å². The minimum atomic E-state index is -0.292. The zero-order valence-corrected chi connectivity index (χ0v) is 12.6. The highest BCUT2D eigenvalue weighted by atomic mass is 32.1. The lowest BCUT2D eigenvalue weighted by atomic mass is 10.2. The Morgan fingerprint density at radius 3 is 2.57 bits per heavy atom. The van der Waals surface area contributed by atoms with Crippen molar-refractivity contribution in [3.63, 3.8) is 0 Å². The number of halogens is 1. The smallest absolute Gasteiger partial charge is 0.265 e. The van der Waals surface area contributed by atoms with E-state index in [9.17, 15) is 9.18 Å². The van der Waals surface area contributed by atoms with E-state index >= 15 is 0 Å². The fourth-order valence-electron chi connectivity index (χ4n) is 1.96. The lowest BCUT2D eigenvalue weighted by molar-refractivity contribution is 0.0770. The summed E-state index contributed by atoms with van der Waals surface area (Å²) in [5.41, 5.74) is 0.854. The van der Waals surface area contributed by atoms with Crippen molar-refractivity contribution < 1.29 is 9.18 Å². The van der Waals surface area contributed by atoms with Crippen LogP contribution >= 0.6 is 11.3 Å². The minimum absolute atomic E-state index is 0.0815. The third-order valence-electron chi connectivity index (χ3n) is 3.08.